The minimum Gasteiger partial charge on any atom is -0.351 e. The third kappa shape index (κ3) is 6.13. The molecule has 2 heterocycles. The van der Waals surface area contributed by atoms with Crippen LogP contribution in [0.4, 0.5) is 17.8 Å². The predicted octanol–water partition coefficient (Wildman–Crippen LogP) is 1.45. The molecule has 0 atom stereocenters. The van der Waals surface area contributed by atoms with E-state index in [4.69, 9.17) is 0 Å². The van der Waals surface area contributed by atoms with E-state index in [1.807, 2.05) is 14.1 Å². The Balaban J connectivity index is 2.26. The minimum absolute atomic E-state index is 0.00986. The maximum atomic E-state index is 11.8. The van der Waals surface area contributed by atoms with Gasteiger partial charge in [-0.1, -0.05) is 0 Å². The molecule has 1 aliphatic rings. The highest BCUT2D eigenvalue weighted by Gasteiger charge is 2.37. The maximum absolute atomic E-state index is 11.8. The van der Waals surface area contributed by atoms with Gasteiger partial charge in [0.15, 0.2) is 0 Å². The van der Waals surface area contributed by atoms with Crippen LogP contribution in [0.3, 0.4) is 0 Å². The Morgan fingerprint density at radius 3 is 2.22 bits per heavy atom. The summed E-state index contributed by atoms with van der Waals surface area (Å²) >= 11 is 0. The first-order valence-corrected chi connectivity index (χ1v) is 9.11. The Morgan fingerprint density at radius 1 is 1.11 bits per heavy atom. The zero-order valence-corrected chi connectivity index (χ0v) is 17.7. The molecule has 0 bridgehead atoms. The van der Waals surface area contributed by atoms with E-state index < -0.39 is 0 Å². The van der Waals surface area contributed by atoms with Crippen molar-refractivity contribution in [1.82, 2.24) is 25.2 Å². The molecule has 27 heavy (non-hydrogen) atoms. The fourth-order valence-corrected chi connectivity index (χ4v) is 3.51. The number of hydrogen-bond donors (Lipinski definition) is 2. The van der Waals surface area contributed by atoms with Gasteiger partial charge in [-0.25, -0.2) is 4.99 Å². The summed E-state index contributed by atoms with van der Waals surface area (Å²) in [6, 6.07) is 0.217. The van der Waals surface area contributed by atoms with Crippen molar-refractivity contribution < 1.29 is 4.79 Å². The quantitative estimate of drug-likeness (QED) is 0.751. The number of carbonyl (C=O) groups is 1. The molecule has 0 saturated carbocycles. The molecule has 0 radical (unpaired) electrons. The van der Waals surface area contributed by atoms with Crippen LogP contribution in [0.15, 0.2) is 4.99 Å². The van der Waals surface area contributed by atoms with Crippen LogP contribution in [0.1, 0.15) is 40.5 Å². The summed E-state index contributed by atoms with van der Waals surface area (Å²) < 4.78 is 0. The second-order valence-electron chi connectivity index (χ2n) is 8.79. The van der Waals surface area contributed by atoms with Gasteiger partial charge in [0, 0.05) is 45.3 Å². The van der Waals surface area contributed by atoms with Gasteiger partial charge in [0.05, 0.1) is 6.21 Å². The highest BCUT2D eigenvalue weighted by Crippen LogP contribution is 2.30. The number of piperidine rings is 1. The first kappa shape index (κ1) is 21.0. The van der Waals surface area contributed by atoms with Gasteiger partial charge in [-0.2, -0.15) is 15.0 Å². The standard InChI is InChI=1S/C18H32N8O/c1-17(2)9-12(10-18(3,4)24-17)20-15-21-14(19-11-13(27)25(5)6)22-16(23-15)26(7)8/h11-12,24H,9-10H2,1-8H3,(H,20,21,22,23). The van der Waals surface area contributed by atoms with E-state index in [-0.39, 0.29) is 29.0 Å². The third-order valence-corrected chi connectivity index (χ3v) is 4.27. The van der Waals surface area contributed by atoms with Crippen molar-refractivity contribution >= 4 is 30.0 Å². The van der Waals surface area contributed by atoms with Crippen molar-refractivity contribution in [3.05, 3.63) is 0 Å². The molecule has 2 rings (SSSR count). The predicted molar refractivity (Wildman–Crippen MR) is 109 cm³/mol. The molecule has 2 N–H and O–H groups in total. The van der Waals surface area contributed by atoms with Gasteiger partial charge in [-0.3, -0.25) is 4.79 Å². The van der Waals surface area contributed by atoms with Crippen LogP contribution in [0.25, 0.3) is 0 Å². The van der Waals surface area contributed by atoms with Crippen LogP contribution in [0.2, 0.25) is 0 Å². The Bertz CT molecular complexity index is 695. The molecule has 150 valence electrons. The number of nitrogens with zero attached hydrogens (tertiary/aromatic N) is 6. The molecule has 1 amide bonds. The fraction of sp³-hybridized carbons (Fsp3) is 0.722. The summed E-state index contributed by atoms with van der Waals surface area (Å²) in [5, 5.41) is 7.11. The van der Waals surface area contributed by atoms with Crippen LogP contribution in [0.5, 0.6) is 0 Å². The summed E-state index contributed by atoms with van der Waals surface area (Å²) in [6.45, 7) is 8.79. The van der Waals surface area contributed by atoms with Crippen molar-refractivity contribution in [2.75, 3.05) is 38.4 Å². The van der Waals surface area contributed by atoms with E-state index in [9.17, 15) is 4.79 Å². The first-order valence-electron chi connectivity index (χ1n) is 9.11. The highest BCUT2D eigenvalue weighted by molar-refractivity contribution is 6.26. The second kappa shape index (κ2) is 7.75. The molecular weight excluding hydrogens is 344 g/mol. The Labute approximate surface area is 161 Å². The lowest BCUT2D eigenvalue weighted by atomic mass is 9.80. The number of aromatic nitrogens is 3. The number of aliphatic imine (C=N–C) groups is 1. The number of anilines is 2. The first-order chi connectivity index (χ1) is 12.4. The molecule has 0 aliphatic carbocycles. The van der Waals surface area contributed by atoms with E-state index in [0.29, 0.717) is 11.9 Å². The maximum Gasteiger partial charge on any atom is 0.264 e. The van der Waals surface area contributed by atoms with E-state index in [1.54, 1.807) is 19.0 Å². The molecular formula is C18H32N8O. The normalized spacial score (nSPS) is 19.1. The van der Waals surface area contributed by atoms with Gasteiger partial charge in [0.25, 0.3) is 11.9 Å². The monoisotopic (exact) mass is 376 g/mol. The van der Waals surface area contributed by atoms with Crippen molar-refractivity contribution in [1.29, 1.82) is 0 Å². The summed E-state index contributed by atoms with van der Waals surface area (Å²) in [5.41, 5.74) is 0.0197. The van der Waals surface area contributed by atoms with E-state index in [2.05, 4.69) is 58.3 Å². The largest absolute Gasteiger partial charge is 0.351 e. The lowest BCUT2D eigenvalue weighted by Gasteiger charge is -2.46. The molecule has 9 nitrogen and oxygen atoms in total. The smallest absolute Gasteiger partial charge is 0.264 e. The summed E-state index contributed by atoms with van der Waals surface area (Å²) in [6.07, 6.45) is 3.10. The minimum atomic E-state index is -0.224. The Kier molecular flexibility index (Phi) is 6.04. The second-order valence-corrected chi connectivity index (χ2v) is 8.79. The van der Waals surface area contributed by atoms with Crippen molar-refractivity contribution in [3.63, 3.8) is 0 Å². The molecule has 1 fully saturated rings. The van der Waals surface area contributed by atoms with Crippen molar-refractivity contribution in [2.24, 2.45) is 4.99 Å². The lowest BCUT2D eigenvalue weighted by molar-refractivity contribution is -0.121. The number of nitrogens with one attached hydrogen (secondary N) is 2. The summed E-state index contributed by atoms with van der Waals surface area (Å²) in [5.74, 6) is 0.943. The van der Waals surface area contributed by atoms with Crippen LogP contribution in [-0.2, 0) is 4.79 Å². The van der Waals surface area contributed by atoms with Gasteiger partial charge < -0.3 is 20.4 Å². The zero-order chi connectivity index (χ0) is 20.4. The molecule has 0 spiro atoms. The van der Waals surface area contributed by atoms with E-state index in [0.717, 1.165) is 12.8 Å². The summed E-state index contributed by atoms with van der Waals surface area (Å²) in [7, 11) is 7.05. The van der Waals surface area contributed by atoms with Gasteiger partial charge in [-0.05, 0) is 40.5 Å². The third-order valence-electron chi connectivity index (χ3n) is 4.27. The number of rotatable bonds is 5. The number of hydrogen-bond acceptors (Lipinski definition) is 8. The zero-order valence-electron chi connectivity index (χ0n) is 17.7. The SMILES string of the molecule is CN(C)C(=O)C=Nc1nc(NC2CC(C)(C)NC(C)(C)C2)nc(N(C)C)n1. The Morgan fingerprint density at radius 2 is 1.70 bits per heavy atom. The topological polar surface area (TPSA) is 98.6 Å². The number of amides is 1. The fourth-order valence-electron chi connectivity index (χ4n) is 3.51. The molecule has 1 aromatic rings. The average Bonchev–Trinajstić information content (AvgIpc) is 2.48. The van der Waals surface area contributed by atoms with Gasteiger partial charge in [0.2, 0.25) is 11.9 Å². The van der Waals surface area contributed by atoms with Crippen LogP contribution >= 0.6 is 0 Å². The van der Waals surface area contributed by atoms with E-state index in [1.165, 1.54) is 11.1 Å². The molecule has 1 saturated heterocycles. The molecule has 9 heteroatoms. The van der Waals surface area contributed by atoms with Gasteiger partial charge in [-0.15, -0.1) is 0 Å². The lowest BCUT2D eigenvalue weighted by Crippen LogP contribution is -2.60. The molecule has 0 aromatic carbocycles. The van der Waals surface area contributed by atoms with E-state index >= 15 is 0 Å². The van der Waals surface area contributed by atoms with Crippen molar-refractivity contribution in [2.45, 2.75) is 57.7 Å². The summed E-state index contributed by atoms with van der Waals surface area (Å²) in [4.78, 5) is 32.3. The average molecular weight is 377 g/mol. The molecule has 0 unspecified atom stereocenters. The van der Waals surface area contributed by atoms with Crippen LogP contribution in [0, 0.1) is 0 Å². The highest BCUT2D eigenvalue weighted by atomic mass is 16.2. The number of carbonyl (C=O) groups excluding carboxylic acids is 1. The molecule has 1 aromatic heterocycles. The van der Waals surface area contributed by atoms with Crippen molar-refractivity contribution in [3.8, 4) is 0 Å². The Hall–Kier alpha value is -2.29. The molecule has 1 aliphatic heterocycles. The van der Waals surface area contributed by atoms with Crippen LogP contribution in [-0.4, -0.2) is 77.3 Å². The van der Waals surface area contributed by atoms with Gasteiger partial charge in [0.1, 0.15) is 0 Å². The van der Waals surface area contributed by atoms with Crippen LogP contribution < -0.4 is 15.5 Å². The van der Waals surface area contributed by atoms with Gasteiger partial charge >= 0.3 is 0 Å².